The van der Waals surface area contributed by atoms with Gasteiger partial charge in [0.2, 0.25) is 0 Å². The Morgan fingerprint density at radius 1 is 1.35 bits per heavy atom. The number of rotatable bonds is 4. The van der Waals surface area contributed by atoms with Gasteiger partial charge in [0, 0.05) is 30.6 Å². The van der Waals surface area contributed by atoms with Crippen molar-refractivity contribution in [2.45, 2.75) is 59.0 Å². The van der Waals surface area contributed by atoms with Gasteiger partial charge in [-0.15, -0.1) is 0 Å². The summed E-state index contributed by atoms with van der Waals surface area (Å²) >= 11 is 0. The van der Waals surface area contributed by atoms with Crippen molar-refractivity contribution in [1.29, 1.82) is 0 Å². The molecule has 1 aromatic rings. The lowest BCUT2D eigenvalue weighted by atomic mass is 10.0. The summed E-state index contributed by atoms with van der Waals surface area (Å²) in [5.74, 6) is 0.657. The van der Waals surface area contributed by atoms with E-state index in [0.29, 0.717) is 12.4 Å². The minimum Gasteiger partial charge on any atom is -0.443 e. The summed E-state index contributed by atoms with van der Waals surface area (Å²) in [7, 11) is 0. The summed E-state index contributed by atoms with van der Waals surface area (Å²) in [5, 5.41) is 0. The molecular formula is C18H27N3O2. The molecule has 5 nitrogen and oxygen atoms in total. The Hall–Kier alpha value is -1.91. The van der Waals surface area contributed by atoms with Gasteiger partial charge in [0.25, 0.3) is 0 Å². The molecule has 0 N–H and O–H groups in total. The fourth-order valence-electron chi connectivity index (χ4n) is 2.58. The van der Waals surface area contributed by atoms with Gasteiger partial charge in [0.05, 0.1) is 0 Å². The molecule has 0 radical (unpaired) electrons. The Morgan fingerprint density at radius 2 is 2.13 bits per heavy atom. The molecule has 0 atom stereocenters. The van der Waals surface area contributed by atoms with Gasteiger partial charge in [-0.05, 0) is 58.6 Å². The number of nitrogens with zero attached hydrogens (tertiary/aromatic N) is 3. The third kappa shape index (κ3) is 4.78. The number of hydrogen-bond acceptors (Lipinski definition) is 4. The van der Waals surface area contributed by atoms with Crippen molar-refractivity contribution < 1.29 is 9.53 Å². The van der Waals surface area contributed by atoms with Crippen LogP contribution in [0.25, 0.3) is 0 Å². The van der Waals surface area contributed by atoms with Gasteiger partial charge in [-0.2, -0.15) is 0 Å². The average molecular weight is 317 g/mol. The van der Waals surface area contributed by atoms with Crippen LogP contribution in [0.2, 0.25) is 0 Å². The first kappa shape index (κ1) is 17.4. The monoisotopic (exact) mass is 317 g/mol. The summed E-state index contributed by atoms with van der Waals surface area (Å²) in [6.07, 6.45) is 5.40. The summed E-state index contributed by atoms with van der Waals surface area (Å²) in [4.78, 5) is 23.3. The lowest BCUT2D eigenvalue weighted by Crippen LogP contribution is -2.38. The van der Waals surface area contributed by atoms with Crippen molar-refractivity contribution in [1.82, 2.24) is 4.98 Å². The molecule has 126 valence electrons. The van der Waals surface area contributed by atoms with Gasteiger partial charge in [-0.1, -0.05) is 6.92 Å². The van der Waals surface area contributed by atoms with E-state index in [-0.39, 0.29) is 6.09 Å². The predicted molar refractivity (Wildman–Crippen MR) is 93.4 cm³/mol. The van der Waals surface area contributed by atoms with E-state index in [2.05, 4.69) is 9.98 Å². The van der Waals surface area contributed by atoms with Crippen molar-refractivity contribution in [3.05, 3.63) is 23.9 Å². The number of ether oxygens (including phenoxy) is 1. The van der Waals surface area contributed by atoms with Gasteiger partial charge >= 0.3 is 6.09 Å². The van der Waals surface area contributed by atoms with Crippen molar-refractivity contribution in [2.24, 2.45) is 4.99 Å². The quantitative estimate of drug-likeness (QED) is 0.836. The topological polar surface area (TPSA) is 54.8 Å². The second kappa shape index (κ2) is 7.57. The van der Waals surface area contributed by atoms with E-state index < -0.39 is 5.60 Å². The van der Waals surface area contributed by atoms with Gasteiger partial charge in [0.15, 0.2) is 0 Å². The summed E-state index contributed by atoms with van der Waals surface area (Å²) in [6.45, 7) is 9.09. The number of carbonyl (C=O) groups is 1. The van der Waals surface area contributed by atoms with Gasteiger partial charge in [0.1, 0.15) is 11.4 Å². The number of amides is 1. The largest absolute Gasteiger partial charge is 0.443 e. The fourth-order valence-corrected chi connectivity index (χ4v) is 2.58. The first-order valence-electron chi connectivity index (χ1n) is 8.41. The first-order valence-corrected chi connectivity index (χ1v) is 8.41. The summed E-state index contributed by atoms with van der Waals surface area (Å²) < 4.78 is 5.56. The van der Waals surface area contributed by atoms with Gasteiger partial charge in [-0.3, -0.25) is 9.89 Å². The van der Waals surface area contributed by atoms with Crippen LogP contribution in [-0.2, 0) is 4.74 Å². The highest BCUT2D eigenvalue weighted by molar-refractivity contribution is 6.07. The molecular weight excluding hydrogens is 290 g/mol. The maximum Gasteiger partial charge on any atom is 0.416 e. The van der Waals surface area contributed by atoms with Crippen molar-refractivity contribution >= 4 is 17.6 Å². The third-order valence-electron chi connectivity index (χ3n) is 3.54. The third-order valence-corrected chi connectivity index (χ3v) is 3.54. The molecule has 23 heavy (non-hydrogen) atoms. The van der Waals surface area contributed by atoms with E-state index in [9.17, 15) is 4.79 Å². The van der Waals surface area contributed by atoms with E-state index in [4.69, 9.17) is 4.74 Å². The maximum absolute atomic E-state index is 12.6. The van der Waals surface area contributed by atoms with Crippen LogP contribution in [0.4, 0.5) is 10.6 Å². The molecule has 2 heterocycles. The molecule has 0 unspecified atom stereocenters. The van der Waals surface area contributed by atoms with Gasteiger partial charge in [-0.25, -0.2) is 9.78 Å². The Balaban J connectivity index is 2.35. The van der Waals surface area contributed by atoms with E-state index in [0.717, 1.165) is 43.5 Å². The zero-order valence-electron chi connectivity index (χ0n) is 14.6. The number of carbonyl (C=O) groups excluding carboxylic acids is 1. The zero-order valence-corrected chi connectivity index (χ0v) is 14.6. The van der Waals surface area contributed by atoms with E-state index in [1.165, 1.54) is 0 Å². The molecule has 0 saturated heterocycles. The van der Waals surface area contributed by atoms with E-state index >= 15 is 0 Å². The van der Waals surface area contributed by atoms with Crippen LogP contribution in [0, 0.1) is 0 Å². The first-order chi connectivity index (χ1) is 10.9. The SMILES string of the molecule is CCCN(C(=O)OC(C)(C)C)c1ncccc1C1=NCCCC1. The minimum atomic E-state index is -0.527. The smallest absolute Gasteiger partial charge is 0.416 e. The molecule has 1 aliphatic heterocycles. The number of hydrogen-bond donors (Lipinski definition) is 0. The molecule has 1 aliphatic rings. The number of aromatic nitrogens is 1. The van der Waals surface area contributed by atoms with Crippen LogP contribution in [0.1, 0.15) is 58.9 Å². The zero-order chi connectivity index (χ0) is 16.9. The Bertz CT molecular complexity index is 576. The Morgan fingerprint density at radius 3 is 2.74 bits per heavy atom. The van der Waals surface area contributed by atoms with Crippen LogP contribution in [0.15, 0.2) is 23.3 Å². The van der Waals surface area contributed by atoms with Crippen LogP contribution >= 0.6 is 0 Å². The molecule has 0 bridgehead atoms. The predicted octanol–water partition coefficient (Wildman–Crippen LogP) is 4.21. The second-order valence-corrected chi connectivity index (χ2v) is 6.79. The molecule has 0 aliphatic carbocycles. The fraction of sp³-hybridized carbons (Fsp3) is 0.611. The highest BCUT2D eigenvalue weighted by Crippen LogP contribution is 2.24. The average Bonchev–Trinajstić information content (AvgIpc) is 2.52. The molecule has 0 saturated carbocycles. The highest BCUT2D eigenvalue weighted by Gasteiger charge is 2.26. The number of aliphatic imine (C=N–C) groups is 1. The number of anilines is 1. The minimum absolute atomic E-state index is 0.351. The normalized spacial score (nSPS) is 15.0. The van der Waals surface area contributed by atoms with E-state index in [1.54, 1.807) is 11.1 Å². The molecule has 0 aromatic carbocycles. The Labute approximate surface area is 138 Å². The summed E-state index contributed by atoms with van der Waals surface area (Å²) in [5.41, 5.74) is 1.47. The maximum atomic E-state index is 12.6. The molecule has 1 aromatic heterocycles. The van der Waals surface area contributed by atoms with Crippen molar-refractivity contribution in [3.63, 3.8) is 0 Å². The lowest BCUT2D eigenvalue weighted by molar-refractivity contribution is 0.0579. The number of pyridine rings is 1. The van der Waals surface area contributed by atoms with Crippen LogP contribution < -0.4 is 4.90 Å². The standard InChI is InChI=1S/C18H27N3O2/c1-5-13-21(17(22)23-18(2,3)4)16-14(9-8-12-20-16)15-10-6-7-11-19-15/h8-9,12H,5-7,10-11,13H2,1-4H3. The molecule has 0 spiro atoms. The Kier molecular flexibility index (Phi) is 5.74. The summed E-state index contributed by atoms with van der Waals surface area (Å²) in [6, 6.07) is 3.90. The lowest BCUT2D eigenvalue weighted by Gasteiger charge is -2.28. The van der Waals surface area contributed by atoms with Crippen molar-refractivity contribution in [3.8, 4) is 0 Å². The van der Waals surface area contributed by atoms with Crippen molar-refractivity contribution in [2.75, 3.05) is 18.0 Å². The van der Waals surface area contributed by atoms with E-state index in [1.807, 2.05) is 39.8 Å². The molecule has 2 rings (SSSR count). The highest BCUT2D eigenvalue weighted by atomic mass is 16.6. The van der Waals surface area contributed by atoms with Crippen LogP contribution in [-0.4, -0.2) is 35.5 Å². The van der Waals surface area contributed by atoms with Crippen LogP contribution in [0.5, 0.6) is 0 Å². The molecule has 5 heteroatoms. The molecule has 0 fully saturated rings. The van der Waals surface area contributed by atoms with Gasteiger partial charge < -0.3 is 4.74 Å². The van der Waals surface area contributed by atoms with Crippen LogP contribution in [0.3, 0.4) is 0 Å². The molecule has 1 amide bonds. The second-order valence-electron chi connectivity index (χ2n) is 6.79.